The summed E-state index contributed by atoms with van der Waals surface area (Å²) in [4.78, 5) is 15.7. The number of fused-ring (bicyclic) bond motifs is 3. The summed E-state index contributed by atoms with van der Waals surface area (Å²) in [5.41, 5.74) is 3.79. The zero-order valence-electron chi connectivity index (χ0n) is 18.2. The van der Waals surface area contributed by atoms with Crippen LogP contribution in [-0.2, 0) is 10.5 Å². The highest BCUT2D eigenvalue weighted by atomic mass is 35.5. The van der Waals surface area contributed by atoms with Crippen LogP contribution >= 0.6 is 23.4 Å². The number of hydrogen-bond acceptors (Lipinski definition) is 8. The highest BCUT2D eigenvalue weighted by Gasteiger charge is 2.28. The molecule has 10 heteroatoms. The van der Waals surface area contributed by atoms with Crippen LogP contribution in [0.2, 0.25) is 5.02 Å². The first kappa shape index (κ1) is 22.9. The van der Waals surface area contributed by atoms with Crippen LogP contribution in [0.4, 0.5) is 5.69 Å². The first-order valence-corrected chi connectivity index (χ1v) is 12.0. The van der Waals surface area contributed by atoms with Crippen molar-refractivity contribution in [1.82, 2.24) is 15.2 Å². The van der Waals surface area contributed by atoms with E-state index >= 15 is 0 Å². The van der Waals surface area contributed by atoms with Gasteiger partial charge in [-0.15, -0.1) is 10.2 Å². The maximum atomic E-state index is 11.1. The first-order chi connectivity index (χ1) is 17.1. The molecular formula is C25H19ClN4O4S. The minimum absolute atomic E-state index is 0.314. The summed E-state index contributed by atoms with van der Waals surface area (Å²) >= 11 is 7.41. The Labute approximate surface area is 210 Å². The molecule has 1 atom stereocenters. The second-order valence-corrected chi connectivity index (χ2v) is 8.95. The summed E-state index contributed by atoms with van der Waals surface area (Å²) in [6.07, 6.45) is -0.701. The number of ether oxygens (including phenoxy) is 2. The molecule has 0 fully saturated rings. The molecule has 35 heavy (non-hydrogen) atoms. The molecule has 2 N–H and O–H groups in total. The maximum absolute atomic E-state index is 11.1. The van der Waals surface area contributed by atoms with E-state index in [9.17, 15) is 4.79 Å². The van der Waals surface area contributed by atoms with Crippen molar-refractivity contribution in [1.29, 1.82) is 0 Å². The molecule has 0 radical (unpaired) electrons. The fraction of sp³-hybridized carbons (Fsp3) is 0.120. The Morgan fingerprint density at radius 1 is 1.06 bits per heavy atom. The lowest BCUT2D eigenvalue weighted by Crippen LogP contribution is -2.19. The lowest BCUT2D eigenvalue weighted by molar-refractivity contribution is -0.139. The van der Waals surface area contributed by atoms with Crippen molar-refractivity contribution in [2.24, 2.45) is 0 Å². The van der Waals surface area contributed by atoms with Crippen molar-refractivity contribution < 1.29 is 19.4 Å². The Hall–Kier alpha value is -3.82. The van der Waals surface area contributed by atoms with Crippen molar-refractivity contribution in [3.8, 4) is 22.9 Å². The highest BCUT2D eigenvalue weighted by Crippen LogP contribution is 2.41. The van der Waals surface area contributed by atoms with E-state index in [1.54, 1.807) is 12.1 Å². The number of aromatic nitrogens is 3. The van der Waals surface area contributed by atoms with Crippen LogP contribution in [-0.4, -0.2) is 32.9 Å². The molecule has 1 unspecified atom stereocenters. The Balaban J connectivity index is 1.48. The number of carboxylic acid groups (broad SMARTS) is 1. The molecule has 0 spiro atoms. The molecule has 8 nitrogen and oxygen atoms in total. The number of halogens is 1. The number of thioether (sulfide) groups is 1. The van der Waals surface area contributed by atoms with Gasteiger partial charge in [0.15, 0.2) is 12.3 Å². The van der Waals surface area contributed by atoms with E-state index in [0.717, 1.165) is 16.8 Å². The van der Waals surface area contributed by atoms with Gasteiger partial charge >= 0.3 is 5.97 Å². The molecule has 4 aromatic rings. The van der Waals surface area contributed by atoms with Crippen molar-refractivity contribution in [2.75, 3.05) is 11.9 Å². The SMILES string of the molecule is O=C(O)COc1ccccc1C1Nc2ccccc2-c2nnc(SCc3ccc(Cl)cc3)nc2O1. The number of hydrogen-bond donors (Lipinski definition) is 2. The van der Waals surface area contributed by atoms with Crippen molar-refractivity contribution in [2.45, 2.75) is 17.1 Å². The Kier molecular flexibility index (Phi) is 6.69. The molecule has 1 aromatic heterocycles. The molecule has 0 aliphatic carbocycles. The van der Waals surface area contributed by atoms with E-state index in [1.807, 2.05) is 60.7 Å². The van der Waals surface area contributed by atoms with E-state index in [0.29, 0.717) is 38.8 Å². The number of aliphatic carboxylic acids is 1. The molecule has 1 aliphatic rings. The van der Waals surface area contributed by atoms with Gasteiger partial charge in [0.1, 0.15) is 5.75 Å². The standard InChI is InChI=1S/C25H19ClN4O4S/c26-16-11-9-15(10-12-16)14-35-25-28-24-22(29-30-25)17-5-1-3-7-19(17)27-23(34-24)18-6-2-4-8-20(18)33-13-21(31)32/h1-12,23,27H,13-14H2,(H,31,32). The van der Waals surface area contributed by atoms with Crippen LogP contribution in [0.1, 0.15) is 17.4 Å². The van der Waals surface area contributed by atoms with Crippen LogP contribution in [0.15, 0.2) is 78.0 Å². The van der Waals surface area contributed by atoms with Gasteiger partial charge < -0.3 is 19.9 Å². The van der Waals surface area contributed by atoms with Gasteiger partial charge in [0.05, 0.1) is 5.56 Å². The first-order valence-electron chi connectivity index (χ1n) is 10.6. The maximum Gasteiger partial charge on any atom is 0.341 e. The molecule has 0 amide bonds. The Morgan fingerprint density at radius 2 is 1.83 bits per heavy atom. The predicted molar refractivity (Wildman–Crippen MR) is 133 cm³/mol. The molecule has 3 aromatic carbocycles. The molecule has 0 bridgehead atoms. The molecule has 0 saturated heterocycles. The van der Waals surface area contributed by atoms with Gasteiger partial charge in [0.25, 0.3) is 0 Å². The number of carbonyl (C=O) groups is 1. The van der Waals surface area contributed by atoms with E-state index in [2.05, 4.69) is 20.5 Å². The second-order valence-electron chi connectivity index (χ2n) is 7.57. The number of benzene rings is 3. The number of anilines is 1. The zero-order chi connectivity index (χ0) is 24.2. The number of rotatable bonds is 7. The predicted octanol–water partition coefficient (Wildman–Crippen LogP) is 5.45. The van der Waals surface area contributed by atoms with Crippen molar-refractivity contribution in [3.05, 3.63) is 88.9 Å². The molecule has 176 valence electrons. The van der Waals surface area contributed by atoms with Gasteiger partial charge in [-0.05, 0) is 35.9 Å². The van der Waals surface area contributed by atoms with Crippen LogP contribution in [0.3, 0.4) is 0 Å². The summed E-state index contributed by atoms with van der Waals surface area (Å²) in [6.45, 7) is -0.466. The summed E-state index contributed by atoms with van der Waals surface area (Å²) in [5, 5.41) is 22.3. The molecule has 0 saturated carbocycles. The lowest BCUT2D eigenvalue weighted by atomic mass is 10.1. The molecule has 5 rings (SSSR count). The van der Waals surface area contributed by atoms with Gasteiger partial charge in [-0.3, -0.25) is 0 Å². The van der Waals surface area contributed by atoms with E-state index in [4.69, 9.17) is 26.2 Å². The fourth-order valence-electron chi connectivity index (χ4n) is 3.55. The average Bonchev–Trinajstić information content (AvgIpc) is 3.04. The van der Waals surface area contributed by atoms with Gasteiger partial charge in [-0.1, -0.05) is 65.8 Å². The number of nitrogens with one attached hydrogen (secondary N) is 1. The Morgan fingerprint density at radius 3 is 2.66 bits per heavy atom. The average molecular weight is 507 g/mol. The summed E-state index contributed by atoms with van der Waals surface area (Å²) in [7, 11) is 0. The molecule has 2 heterocycles. The number of nitrogens with zero attached hydrogens (tertiary/aromatic N) is 3. The molecular weight excluding hydrogens is 488 g/mol. The van der Waals surface area contributed by atoms with Crippen LogP contribution < -0.4 is 14.8 Å². The largest absolute Gasteiger partial charge is 0.481 e. The summed E-state index contributed by atoms with van der Waals surface area (Å²) in [5.74, 6) is 0.285. The number of carboxylic acids is 1. The third-order valence-corrected chi connectivity index (χ3v) is 6.33. The third kappa shape index (κ3) is 5.31. The zero-order valence-corrected chi connectivity index (χ0v) is 19.8. The van der Waals surface area contributed by atoms with E-state index in [1.165, 1.54) is 11.8 Å². The smallest absolute Gasteiger partial charge is 0.341 e. The van der Waals surface area contributed by atoms with E-state index in [-0.39, 0.29) is 0 Å². The highest BCUT2D eigenvalue weighted by molar-refractivity contribution is 7.98. The second kappa shape index (κ2) is 10.2. The lowest BCUT2D eigenvalue weighted by Gasteiger charge is -2.21. The minimum Gasteiger partial charge on any atom is -0.481 e. The van der Waals surface area contributed by atoms with Gasteiger partial charge in [-0.25, -0.2) is 4.79 Å². The van der Waals surface area contributed by atoms with Crippen molar-refractivity contribution in [3.63, 3.8) is 0 Å². The van der Waals surface area contributed by atoms with Crippen molar-refractivity contribution >= 4 is 35.0 Å². The summed E-state index contributed by atoms with van der Waals surface area (Å²) in [6, 6.07) is 22.3. The quantitative estimate of drug-likeness (QED) is 0.316. The van der Waals surface area contributed by atoms with E-state index < -0.39 is 18.8 Å². The third-order valence-electron chi connectivity index (χ3n) is 5.17. The monoisotopic (exact) mass is 506 g/mol. The number of para-hydroxylation sites is 2. The Bertz CT molecular complexity index is 1370. The van der Waals surface area contributed by atoms with Crippen LogP contribution in [0.25, 0.3) is 11.3 Å². The van der Waals surface area contributed by atoms with Crippen LogP contribution in [0, 0.1) is 0 Å². The van der Waals surface area contributed by atoms with Gasteiger partial charge in [-0.2, -0.15) is 4.98 Å². The molecule has 1 aliphatic heterocycles. The van der Waals surface area contributed by atoms with Gasteiger partial charge in [0.2, 0.25) is 17.3 Å². The normalized spacial score (nSPS) is 14.0. The fourth-order valence-corrected chi connectivity index (χ4v) is 4.41. The minimum atomic E-state index is -1.07. The topological polar surface area (TPSA) is 106 Å². The van der Waals surface area contributed by atoms with Crippen LogP contribution in [0.5, 0.6) is 11.6 Å². The van der Waals surface area contributed by atoms with Gasteiger partial charge in [0, 0.05) is 22.0 Å². The summed E-state index contributed by atoms with van der Waals surface area (Å²) < 4.78 is 11.8.